The lowest BCUT2D eigenvalue weighted by Gasteiger charge is -2.14. The Balaban J connectivity index is 1.60. The molecule has 9 heteroatoms. The molecular weight excluding hydrogens is 505 g/mol. The highest BCUT2D eigenvalue weighted by atomic mass is 35.5. The van der Waals surface area contributed by atoms with Gasteiger partial charge in [-0.05, 0) is 54.1 Å². The van der Waals surface area contributed by atoms with Crippen LogP contribution in [-0.2, 0) is 12.7 Å². The fourth-order valence-corrected chi connectivity index (χ4v) is 4.22. The van der Waals surface area contributed by atoms with Crippen molar-refractivity contribution in [3.8, 4) is 28.6 Å². The monoisotopic (exact) mass is 523 g/mol. The number of benzene rings is 3. The van der Waals surface area contributed by atoms with Crippen LogP contribution >= 0.6 is 11.6 Å². The Hall–Kier alpha value is -4.30. The minimum atomic E-state index is -5.07. The minimum Gasteiger partial charge on any atom is -0.477 e. The molecule has 0 aliphatic rings. The van der Waals surface area contributed by atoms with Crippen LogP contribution in [0.5, 0.6) is 17.4 Å². The topological polar surface area (TPSA) is 54.8 Å². The summed E-state index contributed by atoms with van der Waals surface area (Å²) < 4.78 is 49.7. The van der Waals surface area contributed by atoms with Gasteiger partial charge in [-0.2, -0.15) is 22.1 Å². The lowest BCUT2D eigenvalue weighted by atomic mass is 10.1. The summed E-state index contributed by atoms with van der Waals surface area (Å²) in [6.45, 7) is -0.127. The Morgan fingerprint density at radius 2 is 1.46 bits per heavy atom. The second-order valence-electron chi connectivity index (χ2n) is 8.26. The van der Waals surface area contributed by atoms with E-state index >= 15 is 0 Å². The molecule has 0 aliphatic heterocycles. The van der Waals surface area contributed by atoms with Crippen LogP contribution in [0.2, 0.25) is 5.02 Å². The Morgan fingerprint density at radius 3 is 2.08 bits per heavy atom. The number of nitrogens with zero attached hydrogens (tertiary/aromatic N) is 2. The number of hydrogen-bond acceptors (Lipinski definition) is 3. The maximum absolute atomic E-state index is 14.0. The predicted molar refractivity (Wildman–Crippen MR) is 133 cm³/mol. The van der Waals surface area contributed by atoms with Gasteiger partial charge in [-0.3, -0.25) is 0 Å². The van der Waals surface area contributed by atoms with Gasteiger partial charge in [0.15, 0.2) is 0 Å². The zero-order chi connectivity index (χ0) is 26.2. The molecule has 5 rings (SSSR count). The van der Waals surface area contributed by atoms with E-state index in [0.29, 0.717) is 27.6 Å². The molecule has 5 nitrogen and oxygen atoms in total. The highest BCUT2D eigenvalue weighted by molar-refractivity contribution is 6.30. The zero-order valence-corrected chi connectivity index (χ0v) is 19.9. The van der Waals surface area contributed by atoms with Gasteiger partial charge in [-0.15, -0.1) is 0 Å². The molecule has 0 aliphatic carbocycles. The van der Waals surface area contributed by atoms with Crippen molar-refractivity contribution in [2.45, 2.75) is 12.7 Å². The van der Waals surface area contributed by atoms with E-state index in [1.54, 1.807) is 91.0 Å². The van der Waals surface area contributed by atoms with Crippen molar-refractivity contribution in [1.29, 1.82) is 0 Å². The van der Waals surface area contributed by atoms with Crippen LogP contribution in [0.25, 0.3) is 16.9 Å². The largest absolute Gasteiger partial charge is 0.477 e. The van der Waals surface area contributed by atoms with Gasteiger partial charge in [0, 0.05) is 16.7 Å². The van der Waals surface area contributed by atoms with Crippen LogP contribution in [0.15, 0.2) is 102 Å². The number of pyridine rings is 1. The van der Waals surface area contributed by atoms with Gasteiger partial charge in [0.05, 0.1) is 0 Å². The van der Waals surface area contributed by atoms with E-state index in [1.807, 2.05) is 0 Å². The number of aromatic nitrogens is 2. The molecule has 37 heavy (non-hydrogen) atoms. The third-order valence-corrected chi connectivity index (χ3v) is 6.06. The first kappa shape index (κ1) is 24.4. The van der Waals surface area contributed by atoms with E-state index in [4.69, 9.17) is 16.3 Å². The van der Waals surface area contributed by atoms with Crippen LogP contribution in [0.4, 0.5) is 13.2 Å². The SMILES string of the molecule is O=c1c(C(F)(F)F)c(O)[n+](Cc2ccc(Oc3ccc(Cl)cc3)cc2)c2cccc(-c3ccccc3)n12. The lowest BCUT2D eigenvalue weighted by Crippen LogP contribution is -2.44. The maximum Gasteiger partial charge on any atom is 0.431 e. The third-order valence-electron chi connectivity index (χ3n) is 5.81. The van der Waals surface area contributed by atoms with E-state index in [1.165, 1.54) is 6.07 Å². The average Bonchev–Trinajstić information content (AvgIpc) is 2.88. The standard InChI is InChI=1S/C28H18ClF3N2O3/c29-20-11-15-22(16-12-20)37-21-13-9-18(10-14-21)17-33-24-8-4-7-23(19-5-2-1-3-6-19)34(24)27(36)25(26(33)35)28(30,31)32/h1-16H,17H2/p+1. The molecule has 2 aromatic heterocycles. The fraction of sp³-hybridized carbons (Fsp3) is 0.0714. The van der Waals surface area contributed by atoms with Gasteiger partial charge in [0.2, 0.25) is 5.56 Å². The molecule has 3 aromatic carbocycles. The smallest absolute Gasteiger partial charge is 0.431 e. The van der Waals surface area contributed by atoms with Crippen molar-refractivity contribution < 1.29 is 27.6 Å². The first-order chi connectivity index (χ1) is 17.7. The Bertz CT molecular complexity index is 1630. The van der Waals surface area contributed by atoms with Crippen LogP contribution in [-0.4, -0.2) is 9.51 Å². The molecule has 0 unspecified atom stereocenters. The highest BCUT2D eigenvalue weighted by Crippen LogP contribution is 2.32. The zero-order valence-electron chi connectivity index (χ0n) is 19.1. The number of rotatable bonds is 5. The molecule has 0 radical (unpaired) electrons. The molecule has 0 bridgehead atoms. The number of ether oxygens (including phenoxy) is 1. The highest BCUT2D eigenvalue weighted by Gasteiger charge is 2.44. The number of hydrogen-bond donors (Lipinski definition) is 1. The summed E-state index contributed by atoms with van der Waals surface area (Å²) in [6, 6.07) is 26.8. The van der Waals surface area contributed by atoms with E-state index in [2.05, 4.69) is 0 Å². The lowest BCUT2D eigenvalue weighted by molar-refractivity contribution is -0.673. The molecule has 0 saturated carbocycles. The number of halogens is 4. The van der Waals surface area contributed by atoms with Crippen molar-refractivity contribution in [2.75, 3.05) is 0 Å². The molecular formula is C28H19ClF3N2O3+. The van der Waals surface area contributed by atoms with Gasteiger partial charge in [-0.1, -0.05) is 54.1 Å². The third kappa shape index (κ3) is 4.88. The Labute approximate surface area is 214 Å². The van der Waals surface area contributed by atoms with Crippen LogP contribution < -0.4 is 14.9 Å². The van der Waals surface area contributed by atoms with Gasteiger partial charge < -0.3 is 9.84 Å². The molecule has 0 saturated heterocycles. The normalized spacial score (nSPS) is 11.6. The summed E-state index contributed by atoms with van der Waals surface area (Å²) in [5.41, 5.74) is -1.45. The van der Waals surface area contributed by atoms with Gasteiger partial charge in [0.1, 0.15) is 23.7 Å². The summed E-state index contributed by atoms with van der Waals surface area (Å²) in [4.78, 5) is 13.1. The summed E-state index contributed by atoms with van der Waals surface area (Å²) in [7, 11) is 0. The van der Waals surface area contributed by atoms with E-state index in [9.17, 15) is 23.1 Å². The number of alkyl halides is 3. The molecule has 0 atom stereocenters. The van der Waals surface area contributed by atoms with Crippen LogP contribution in [0.1, 0.15) is 11.1 Å². The predicted octanol–water partition coefficient (Wildman–Crippen LogP) is 6.47. The van der Waals surface area contributed by atoms with Gasteiger partial charge in [-0.25, -0.2) is 4.79 Å². The fourth-order valence-electron chi connectivity index (χ4n) is 4.10. The number of fused-ring (bicyclic) bond motifs is 1. The first-order valence-corrected chi connectivity index (χ1v) is 11.6. The van der Waals surface area contributed by atoms with Crippen molar-refractivity contribution in [2.24, 2.45) is 0 Å². The van der Waals surface area contributed by atoms with E-state index in [-0.39, 0.29) is 17.9 Å². The molecule has 0 amide bonds. The first-order valence-electron chi connectivity index (χ1n) is 11.2. The molecule has 2 heterocycles. The maximum atomic E-state index is 14.0. The second-order valence-corrected chi connectivity index (χ2v) is 8.69. The van der Waals surface area contributed by atoms with Crippen molar-refractivity contribution >= 4 is 17.2 Å². The molecule has 186 valence electrons. The van der Waals surface area contributed by atoms with Crippen LogP contribution in [0.3, 0.4) is 0 Å². The summed E-state index contributed by atoms with van der Waals surface area (Å²) in [5.74, 6) is -0.0677. The van der Waals surface area contributed by atoms with Gasteiger partial charge >= 0.3 is 17.6 Å². The number of aromatic hydroxyl groups is 1. The minimum absolute atomic E-state index is 0.110. The molecule has 0 spiro atoms. The molecule has 1 N–H and O–H groups in total. The summed E-state index contributed by atoms with van der Waals surface area (Å²) >= 11 is 5.89. The molecule has 0 fully saturated rings. The Morgan fingerprint density at radius 1 is 0.838 bits per heavy atom. The Kier molecular flexibility index (Phi) is 6.35. The van der Waals surface area contributed by atoms with E-state index < -0.39 is 23.2 Å². The van der Waals surface area contributed by atoms with Crippen LogP contribution in [0, 0.1) is 0 Å². The summed E-state index contributed by atoms with van der Waals surface area (Å²) in [6.07, 6.45) is -5.07. The van der Waals surface area contributed by atoms with Crippen molar-refractivity contribution in [3.63, 3.8) is 0 Å². The average molecular weight is 524 g/mol. The summed E-state index contributed by atoms with van der Waals surface area (Å²) in [5, 5.41) is 11.3. The van der Waals surface area contributed by atoms with E-state index in [0.717, 1.165) is 8.97 Å². The van der Waals surface area contributed by atoms with Crippen molar-refractivity contribution in [3.05, 3.63) is 124 Å². The van der Waals surface area contributed by atoms with Crippen molar-refractivity contribution in [1.82, 2.24) is 4.40 Å². The quantitative estimate of drug-likeness (QED) is 0.269. The molecule has 5 aromatic rings. The second kappa shape index (κ2) is 9.63. The van der Waals surface area contributed by atoms with Gasteiger partial charge in [0.25, 0.3) is 5.65 Å².